The minimum Gasteiger partial charge on any atom is -0.486 e. The summed E-state index contributed by atoms with van der Waals surface area (Å²) in [4.78, 5) is 26.7. The molecule has 6 nitrogen and oxygen atoms in total. The van der Waals surface area contributed by atoms with Gasteiger partial charge in [0.1, 0.15) is 23.1 Å². The normalized spacial score (nSPS) is 15.1. The second-order valence-corrected chi connectivity index (χ2v) is 9.39. The number of carbonyl (C=O) groups is 2. The van der Waals surface area contributed by atoms with Crippen LogP contribution in [0.3, 0.4) is 0 Å². The first-order valence-electron chi connectivity index (χ1n) is 11.4. The second kappa shape index (κ2) is 10.3. The van der Waals surface area contributed by atoms with Crippen LogP contribution in [-0.4, -0.2) is 18.5 Å². The molecule has 0 saturated heterocycles. The molecule has 1 atom stereocenters. The molecule has 1 aliphatic carbocycles. The third-order valence-electron chi connectivity index (χ3n) is 5.82. The van der Waals surface area contributed by atoms with E-state index in [1.165, 1.54) is 16.9 Å². The molecule has 1 N–H and O–H groups in total. The van der Waals surface area contributed by atoms with Crippen LogP contribution in [-0.2, 0) is 30.6 Å². The van der Waals surface area contributed by atoms with Crippen LogP contribution in [0.4, 0.5) is 5.00 Å². The highest BCUT2D eigenvalue weighted by Crippen LogP contribution is 2.40. The van der Waals surface area contributed by atoms with Crippen LogP contribution in [0, 0.1) is 5.92 Å². The van der Waals surface area contributed by atoms with E-state index in [1.807, 2.05) is 24.3 Å². The highest BCUT2D eigenvalue weighted by Gasteiger charge is 2.29. The number of thiophene rings is 1. The van der Waals surface area contributed by atoms with Crippen LogP contribution in [0.25, 0.3) is 0 Å². The van der Waals surface area contributed by atoms with Crippen LogP contribution >= 0.6 is 11.3 Å². The zero-order valence-corrected chi connectivity index (χ0v) is 20.1. The van der Waals surface area contributed by atoms with E-state index in [1.54, 1.807) is 19.1 Å². The van der Waals surface area contributed by atoms with Crippen LogP contribution in [0.15, 0.2) is 40.8 Å². The highest BCUT2D eigenvalue weighted by atomic mass is 32.1. The predicted molar refractivity (Wildman–Crippen MR) is 128 cm³/mol. The highest BCUT2D eigenvalue weighted by molar-refractivity contribution is 7.17. The summed E-state index contributed by atoms with van der Waals surface area (Å²) < 4.78 is 16.7. The van der Waals surface area contributed by atoms with E-state index in [-0.39, 0.29) is 24.9 Å². The third kappa shape index (κ3) is 5.30. The van der Waals surface area contributed by atoms with Gasteiger partial charge in [0.2, 0.25) is 0 Å². The Hall–Kier alpha value is -3.06. The fourth-order valence-corrected chi connectivity index (χ4v) is 5.37. The average molecular weight is 468 g/mol. The number of carbonyl (C=O) groups excluding carboxylic acids is 2. The molecule has 0 unspecified atom stereocenters. The summed E-state index contributed by atoms with van der Waals surface area (Å²) in [5.74, 6) is 1.23. The van der Waals surface area contributed by atoms with Gasteiger partial charge in [0.05, 0.1) is 12.2 Å². The fraction of sp³-hybridized carbons (Fsp3) is 0.385. The van der Waals surface area contributed by atoms with Gasteiger partial charge >= 0.3 is 5.97 Å². The van der Waals surface area contributed by atoms with Gasteiger partial charge in [0, 0.05) is 4.88 Å². The van der Waals surface area contributed by atoms with Crippen molar-refractivity contribution in [1.29, 1.82) is 0 Å². The lowest BCUT2D eigenvalue weighted by Crippen LogP contribution is -2.16. The Kier molecular flexibility index (Phi) is 7.18. The quantitative estimate of drug-likeness (QED) is 0.409. The number of furan rings is 1. The number of hydrogen-bond donors (Lipinski definition) is 1. The number of benzene rings is 1. The van der Waals surface area contributed by atoms with Crippen molar-refractivity contribution in [3.05, 3.63) is 69.5 Å². The molecular formula is C26H29NO5S. The van der Waals surface area contributed by atoms with Crippen LogP contribution in [0.1, 0.15) is 69.9 Å². The summed E-state index contributed by atoms with van der Waals surface area (Å²) in [5, 5.41) is 3.41. The smallest absolute Gasteiger partial charge is 0.341 e. The average Bonchev–Trinajstić information content (AvgIpc) is 3.42. The van der Waals surface area contributed by atoms with Gasteiger partial charge in [-0.2, -0.15) is 0 Å². The molecule has 0 spiro atoms. The van der Waals surface area contributed by atoms with E-state index in [0.29, 0.717) is 22.2 Å². The van der Waals surface area contributed by atoms with E-state index in [0.717, 1.165) is 41.9 Å². The molecule has 7 heteroatoms. The SMILES string of the molecule is CCOC(=O)c1c(NC(=O)c2ccc(COc3ccc(CC)cc3)o2)sc2c1CC[C@H](C)C2. The molecule has 0 bridgehead atoms. The Morgan fingerprint density at radius 1 is 1.15 bits per heavy atom. The van der Waals surface area contributed by atoms with E-state index in [4.69, 9.17) is 13.9 Å². The van der Waals surface area contributed by atoms with E-state index < -0.39 is 5.91 Å². The predicted octanol–water partition coefficient (Wildman–Crippen LogP) is 6.04. The van der Waals surface area contributed by atoms with Gasteiger partial charge in [-0.15, -0.1) is 11.3 Å². The Morgan fingerprint density at radius 2 is 1.94 bits per heavy atom. The topological polar surface area (TPSA) is 77.8 Å². The van der Waals surface area contributed by atoms with Crippen LogP contribution in [0.5, 0.6) is 5.75 Å². The molecule has 3 aromatic rings. The molecule has 2 aromatic heterocycles. The summed E-state index contributed by atoms with van der Waals surface area (Å²) in [7, 11) is 0. The van der Waals surface area contributed by atoms with Crippen molar-refractivity contribution in [3.63, 3.8) is 0 Å². The van der Waals surface area contributed by atoms with Crippen LogP contribution in [0.2, 0.25) is 0 Å². The van der Waals surface area contributed by atoms with Gasteiger partial charge in [0.25, 0.3) is 5.91 Å². The Balaban J connectivity index is 1.46. The first-order chi connectivity index (χ1) is 16.0. The van der Waals surface area contributed by atoms with E-state index >= 15 is 0 Å². The molecule has 2 heterocycles. The zero-order chi connectivity index (χ0) is 23.4. The number of ether oxygens (including phenoxy) is 2. The maximum atomic E-state index is 12.9. The molecule has 0 aliphatic heterocycles. The number of fused-ring (bicyclic) bond motifs is 1. The van der Waals surface area contributed by atoms with Gasteiger partial charge in [-0.25, -0.2) is 4.79 Å². The zero-order valence-electron chi connectivity index (χ0n) is 19.2. The first-order valence-corrected chi connectivity index (χ1v) is 12.2. The number of aryl methyl sites for hydroxylation is 1. The van der Waals surface area contributed by atoms with Crippen molar-refractivity contribution in [2.75, 3.05) is 11.9 Å². The number of esters is 1. The maximum Gasteiger partial charge on any atom is 0.341 e. The monoisotopic (exact) mass is 467 g/mol. The summed E-state index contributed by atoms with van der Waals surface area (Å²) in [5.41, 5.74) is 2.74. The number of amides is 1. The summed E-state index contributed by atoms with van der Waals surface area (Å²) in [6.45, 7) is 6.60. The molecule has 33 heavy (non-hydrogen) atoms. The third-order valence-corrected chi connectivity index (χ3v) is 6.99. The molecule has 1 amide bonds. The van der Waals surface area contributed by atoms with Gasteiger partial charge < -0.3 is 19.2 Å². The Morgan fingerprint density at radius 3 is 2.67 bits per heavy atom. The second-order valence-electron chi connectivity index (χ2n) is 8.28. The van der Waals surface area contributed by atoms with Gasteiger partial charge in [-0.05, 0) is 73.9 Å². The summed E-state index contributed by atoms with van der Waals surface area (Å²) >= 11 is 1.46. The van der Waals surface area contributed by atoms with Gasteiger partial charge in [-0.3, -0.25) is 4.79 Å². The van der Waals surface area contributed by atoms with E-state index in [2.05, 4.69) is 19.2 Å². The number of hydrogen-bond acceptors (Lipinski definition) is 6. The summed E-state index contributed by atoms with van der Waals surface area (Å²) in [6, 6.07) is 11.2. The lowest BCUT2D eigenvalue weighted by atomic mass is 9.88. The van der Waals surface area contributed by atoms with Crippen molar-refractivity contribution in [2.45, 2.75) is 53.1 Å². The standard InChI is InChI=1S/C26H29NO5S/c1-4-17-7-9-18(10-8-17)31-15-19-11-13-21(32-19)24(28)27-25-23(26(29)30-5-2)20-12-6-16(3)14-22(20)33-25/h7-11,13,16H,4-6,12,14-15H2,1-3H3,(H,27,28)/t16-/m0/s1. The lowest BCUT2D eigenvalue weighted by molar-refractivity contribution is 0.0526. The first kappa shape index (κ1) is 23.1. The summed E-state index contributed by atoms with van der Waals surface area (Å²) in [6.07, 6.45) is 3.72. The number of rotatable bonds is 8. The minimum atomic E-state index is -0.397. The molecule has 1 aliphatic rings. The van der Waals surface area contributed by atoms with Gasteiger partial charge in [-0.1, -0.05) is 26.0 Å². The molecule has 4 rings (SSSR count). The largest absolute Gasteiger partial charge is 0.486 e. The van der Waals surface area contributed by atoms with Crippen molar-refractivity contribution in [2.24, 2.45) is 5.92 Å². The Labute approximate surface area is 197 Å². The number of anilines is 1. The van der Waals surface area contributed by atoms with Gasteiger partial charge in [0.15, 0.2) is 5.76 Å². The fourth-order valence-electron chi connectivity index (χ4n) is 3.98. The molecule has 0 saturated carbocycles. The Bertz CT molecular complexity index is 1130. The molecule has 0 radical (unpaired) electrons. The molecule has 0 fully saturated rings. The van der Waals surface area contributed by atoms with Crippen molar-refractivity contribution < 1.29 is 23.5 Å². The van der Waals surface area contributed by atoms with E-state index in [9.17, 15) is 9.59 Å². The van der Waals surface area contributed by atoms with Crippen LogP contribution < -0.4 is 10.1 Å². The van der Waals surface area contributed by atoms with Crippen molar-refractivity contribution in [3.8, 4) is 5.75 Å². The lowest BCUT2D eigenvalue weighted by Gasteiger charge is -2.18. The number of nitrogens with one attached hydrogen (secondary N) is 1. The molecular weight excluding hydrogens is 438 g/mol. The molecule has 174 valence electrons. The van der Waals surface area contributed by atoms with Crippen molar-refractivity contribution >= 4 is 28.2 Å². The minimum absolute atomic E-state index is 0.171. The van der Waals surface area contributed by atoms with Crippen molar-refractivity contribution in [1.82, 2.24) is 0 Å². The molecule has 1 aromatic carbocycles. The maximum absolute atomic E-state index is 12.9.